The zero-order valence-corrected chi connectivity index (χ0v) is 12.5. The van der Waals surface area contributed by atoms with Crippen molar-refractivity contribution < 1.29 is 14.3 Å². The van der Waals surface area contributed by atoms with Crippen molar-refractivity contribution in [3.63, 3.8) is 0 Å². The molecule has 1 aromatic heterocycles. The maximum Gasteiger partial charge on any atom is 0.313 e. The van der Waals surface area contributed by atoms with Gasteiger partial charge in [-0.15, -0.1) is 0 Å². The van der Waals surface area contributed by atoms with E-state index in [4.69, 9.17) is 10.00 Å². The summed E-state index contributed by atoms with van der Waals surface area (Å²) in [6.07, 6.45) is -0.481. The van der Waals surface area contributed by atoms with Crippen molar-refractivity contribution in [1.29, 1.82) is 5.26 Å². The molecule has 0 saturated heterocycles. The molecule has 20 heavy (non-hydrogen) atoms. The van der Waals surface area contributed by atoms with Gasteiger partial charge < -0.3 is 4.74 Å². The molecule has 0 aromatic carbocycles. The van der Waals surface area contributed by atoms with Crippen LogP contribution in [0.3, 0.4) is 0 Å². The number of ether oxygens (including phenoxy) is 1. The number of hydrogen-bond acceptors (Lipinski definition) is 6. The van der Waals surface area contributed by atoms with E-state index in [9.17, 15) is 9.59 Å². The summed E-state index contributed by atoms with van der Waals surface area (Å²) >= 11 is 1.16. The molecule has 0 saturated carbocycles. The fourth-order valence-electron chi connectivity index (χ4n) is 1.39. The van der Waals surface area contributed by atoms with Gasteiger partial charge in [-0.25, -0.2) is 4.98 Å². The molecule has 0 amide bonds. The molecule has 0 aliphatic heterocycles. The monoisotopic (exact) mass is 292 g/mol. The van der Waals surface area contributed by atoms with E-state index < -0.39 is 5.97 Å². The minimum absolute atomic E-state index is 0.0956. The Balaban J connectivity index is 2.55. The summed E-state index contributed by atoms with van der Waals surface area (Å²) in [6, 6.07) is 5.44. The first-order valence-electron chi connectivity index (χ1n) is 6.14. The van der Waals surface area contributed by atoms with Gasteiger partial charge in [-0.1, -0.05) is 11.8 Å². The Kier molecular flexibility index (Phi) is 6.19. The fourth-order valence-corrected chi connectivity index (χ4v) is 2.27. The summed E-state index contributed by atoms with van der Waals surface area (Å²) < 4.78 is 4.90. The van der Waals surface area contributed by atoms with Gasteiger partial charge in [0.2, 0.25) is 0 Å². The predicted octanol–water partition coefficient (Wildman–Crippen LogP) is 2.26. The van der Waals surface area contributed by atoms with Crippen LogP contribution in [0, 0.1) is 18.3 Å². The molecule has 1 rings (SSSR count). The molecule has 1 heterocycles. The van der Waals surface area contributed by atoms with Crippen LogP contribution >= 0.6 is 11.8 Å². The lowest BCUT2D eigenvalue weighted by Gasteiger charge is -2.07. The van der Waals surface area contributed by atoms with Gasteiger partial charge in [0.1, 0.15) is 17.5 Å². The van der Waals surface area contributed by atoms with Gasteiger partial charge in [-0.05, 0) is 32.9 Å². The minimum Gasteiger partial charge on any atom is -0.463 e. The van der Waals surface area contributed by atoms with Crippen molar-refractivity contribution in [3.05, 3.63) is 23.4 Å². The first-order chi connectivity index (χ1) is 9.42. The van der Waals surface area contributed by atoms with Crippen molar-refractivity contribution >= 4 is 23.5 Å². The number of nitrogens with zero attached hydrogens (tertiary/aromatic N) is 2. The molecule has 0 bridgehead atoms. The molecule has 0 aliphatic rings. The summed E-state index contributed by atoms with van der Waals surface area (Å²) in [5.41, 5.74) is 1.20. The summed E-state index contributed by atoms with van der Waals surface area (Å²) in [6.45, 7) is 5.27. The molecule has 0 fully saturated rings. The number of esters is 1. The van der Waals surface area contributed by atoms with E-state index in [2.05, 4.69) is 4.98 Å². The first kappa shape index (κ1) is 16.2. The lowest BCUT2D eigenvalue weighted by Crippen LogP contribution is -2.16. The Morgan fingerprint density at radius 3 is 2.75 bits per heavy atom. The molecule has 5 nitrogen and oxygen atoms in total. The fraction of sp³-hybridized carbons (Fsp3) is 0.429. The van der Waals surface area contributed by atoms with Crippen LogP contribution in [0.25, 0.3) is 0 Å². The molecule has 0 N–H and O–H groups in total. The molecule has 0 aliphatic carbocycles. The SMILES string of the molecule is Cc1ccc(C#N)c(SCC(=O)CC(=O)OC(C)C)n1. The average molecular weight is 292 g/mol. The van der Waals surface area contributed by atoms with Crippen molar-refractivity contribution in [1.82, 2.24) is 4.98 Å². The van der Waals surface area contributed by atoms with Gasteiger partial charge in [0.15, 0.2) is 5.78 Å². The number of aryl methyl sites for hydroxylation is 1. The van der Waals surface area contributed by atoms with Gasteiger partial charge in [-0.3, -0.25) is 9.59 Å². The predicted molar refractivity (Wildman–Crippen MR) is 75.3 cm³/mol. The van der Waals surface area contributed by atoms with Crippen molar-refractivity contribution in [2.45, 2.75) is 38.3 Å². The van der Waals surface area contributed by atoms with Crippen molar-refractivity contribution in [2.24, 2.45) is 0 Å². The van der Waals surface area contributed by atoms with E-state index in [1.165, 1.54) is 0 Å². The zero-order chi connectivity index (χ0) is 15.1. The van der Waals surface area contributed by atoms with E-state index >= 15 is 0 Å². The maximum atomic E-state index is 11.7. The molecule has 0 radical (unpaired) electrons. The van der Waals surface area contributed by atoms with Gasteiger partial charge in [0.05, 0.1) is 17.4 Å². The molecule has 106 valence electrons. The molecule has 0 unspecified atom stereocenters. The number of pyridine rings is 1. The Bertz CT molecular complexity index is 550. The molecule has 0 atom stereocenters. The number of ketones is 1. The third-order valence-corrected chi connectivity index (χ3v) is 3.25. The highest BCUT2D eigenvalue weighted by Gasteiger charge is 2.14. The number of aromatic nitrogens is 1. The largest absolute Gasteiger partial charge is 0.463 e. The second-order valence-corrected chi connectivity index (χ2v) is 5.42. The summed E-state index contributed by atoms with van der Waals surface area (Å²) in [4.78, 5) is 27.2. The number of thioether (sulfide) groups is 1. The van der Waals surface area contributed by atoms with Crippen LogP contribution in [0.5, 0.6) is 0 Å². The van der Waals surface area contributed by atoms with Gasteiger partial charge in [0.25, 0.3) is 0 Å². The summed E-state index contributed by atoms with van der Waals surface area (Å²) in [5, 5.41) is 9.47. The maximum absolute atomic E-state index is 11.7. The normalized spacial score (nSPS) is 10.2. The third-order valence-electron chi connectivity index (χ3n) is 2.20. The number of carbonyl (C=O) groups excluding carboxylic acids is 2. The molecular weight excluding hydrogens is 276 g/mol. The highest BCUT2D eigenvalue weighted by atomic mass is 32.2. The van der Waals surface area contributed by atoms with Crippen LogP contribution in [0.15, 0.2) is 17.2 Å². The average Bonchev–Trinajstić information content (AvgIpc) is 2.35. The highest BCUT2D eigenvalue weighted by molar-refractivity contribution is 8.00. The first-order valence-corrected chi connectivity index (χ1v) is 7.12. The molecule has 6 heteroatoms. The Morgan fingerprint density at radius 1 is 1.45 bits per heavy atom. The van der Waals surface area contributed by atoms with Crippen LogP contribution < -0.4 is 0 Å². The number of hydrogen-bond donors (Lipinski definition) is 0. The second kappa shape index (κ2) is 7.65. The number of Topliss-reactive ketones (excluding diaryl/α,β-unsaturated/α-hetero) is 1. The van der Waals surface area contributed by atoms with E-state index in [1.54, 1.807) is 26.0 Å². The zero-order valence-electron chi connectivity index (χ0n) is 11.7. The summed E-state index contributed by atoms with van der Waals surface area (Å²) in [5.74, 6) is -0.672. The lowest BCUT2D eigenvalue weighted by molar-refractivity contribution is -0.149. The van der Waals surface area contributed by atoms with Crippen molar-refractivity contribution in [2.75, 3.05) is 5.75 Å². The summed E-state index contributed by atoms with van der Waals surface area (Å²) in [7, 11) is 0. The standard InChI is InChI=1S/C14H16N2O3S/c1-9(2)19-13(18)6-12(17)8-20-14-11(7-15)5-4-10(3)16-14/h4-5,9H,6,8H2,1-3H3. The van der Waals surface area contributed by atoms with E-state index in [0.29, 0.717) is 10.6 Å². The third kappa shape index (κ3) is 5.41. The van der Waals surface area contributed by atoms with Gasteiger partial charge in [-0.2, -0.15) is 5.26 Å². The highest BCUT2D eigenvalue weighted by Crippen LogP contribution is 2.20. The van der Waals surface area contributed by atoms with E-state index in [-0.39, 0.29) is 24.1 Å². The smallest absolute Gasteiger partial charge is 0.313 e. The molecule has 0 spiro atoms. The van der Waals surface area contributed by atoms with E-state index in [1.807, 2.05) is 13.0 Å². The lowest BCUT2D eigenvalue weighted by atomic mass is 10.3. The number of rotatable bonds is 6. The van der Waals surface area contributed by atoms with Gasteiger partial charge >= 0.3 is 5.97 Å². The van der Waals surface area contributed by atoms with Crippen LogP contribution in [-0.2, 0) is 14.3 Å². The Morgan fingerprint density at radius 2 is 2.15 bits per heavy atom. The Labute approximate surface area is 122 Å². The number of carbonyl (C=O) groups is 2. The Hall–Kier alpha value is -1.87. The molecular formula is C14H16N2O3S. The van der Waals surface area contributed by atoms with Gasteiger partial charge in [0, 0.05) is 5.69 Å². The minimum atomic E-state index is -0.525. The van der Waals surface area contributed by atoms with Crippen LogP contribution in [-0.4, -0.2) is 28.6 Å². The second-order valence-electron chi connectivity index (χ2n) is 4.46. The quantitative estimate of drug-likeness (QED) is 0.454. The topological polar surface area (TPSA) is 80.0 Å². The number of nitriles is 1. The van der Waals surface area contributed by atoms with Crippen LogP contribution in [0.2, 0.25) is 0 Å². The molecule has 1 aromatic rings. The van der Waals surface area contributed by atoms with E-state index in [0.717, 1.165) is 17.5 Å². The van der Waals surface area contributed by atoms with Crippen LogP contribution in [0.4, 0.5) is 0 Å². The van der Waals surface area contributed by atoms with Crippen molar-refractivity contribution in [3.8, 4) is 6.07 Å². The van der Waals surface area contributed by atoms with Crippen LogP contribution in [0.1, 0.15) is 31.5 Å².